The van der Waals surface area contributed by atoms with Crippen LogP contribution in [0.25, 0.3) is 0 Å². The Bertz CT molecular complexity index is 474. The quantitative estimate of drug-likeness (QED) is 0.923. The van der Waals surface area contributed by atoms with Crippen molar-refractivity contribution in [3.05, 3.63) is 41.2 Å². The summed E-state index contributed by atoms with van der Waals surface area (Å²) in [6.45, 7) is 4.97. The van der Waals surface area contributed by atoms with Crippen LogP contribution in [0.5, 0.6) is 0 Å². The van der Waals surface area contributed by atoms with Crippen LogP contribution in [0.4, 0.5) is 13.2 Å². The number of rotatable bonds is 3. The minimum absolute atomic E-state index is 0.176. The number of hydrogen-bond acceptors (Lipinski definition) is 2. The molecule has 0 aliphatic carbocycles. The highest BCUT2D eigenvalue weighted by atomic mass is 35.5. The SMILES string of the molecule is C=C(Cl)C(C)NC(=O)c1cccc(C(F)(F)F)n1. The fourth-order valence-electron chi connectivity index (χ4n) is 1.07. The molecule has 98 valence electrons. The number of alkyl halides is 3. The van der Waals surface area contributed by atoms with Crippen LogP contribution >= 0.6 is 11.6 Å². The number of amides is 1. The summed E-state index contributed by atoms with van der Waals surface area (Å²) in [5.74, 6) is -0.740. The summed E-state index contributed by atoms with van der Waals surface area (Å²) in [6.07, 6.45) is -4.59. The van der Waals surface area contributed by atoms with E-state index in [9.17, 15) is 18.0 Å². The van der Waals surface area contributed by atoms with Crippen LogP contribution in [0.15, 0.2) is 29.8 Å². The lowest BCUT2D eigenvalue weighted by molar-refractivity contribution is -0.141. The standard InChI is InChI=1S/C11H10ClF3N2O/c1-6(12)7(2)16-10(18)8-4-3-5-9(17-8)11(13,14)15/h3-5,7H,1H2,2H3,(H,16,18). The molecule has 0 saturated heterocycles. The molecule has 0 saturated carbocycles. The topological polar surface area (TPSA) is 42.0 Å². The van der Waals surface area contributed by atoms with Gasteiger partial charge < -0.3 is 5.32 Å². The lowest BCUT2D eigenvalue weighted by Crippen LogP contribution is -2.33. The molecule has 1 heterocycles. The van der Waals surface area contributed by atoms with Crippen LogP contribution in [0.2, 0.25) is 0 Å². The first-order valence-electron chi connectivity index (χ1n) is 4.91. The van der Waals surface area contributed by atoms with E-state index in [4.69, 9.17) is 11.6 Å². The van der Waals surface area contributed by atoms with Crippen molar-refractivity contribution in [1.82, 2.24) is 10.3 Å². The van der Waals surface area contributed by atoms with Gasteiger partial charge in [0.25, 0.3) is 5.91 Å². The molecule has 1 aromatic heterocycles. The van der Waals surface area contributed by atoms with E-state index in [1.807, 2.05) is 0 Å². The highest BCUT2D eigenvalue weighted by Crippen LogP contribution is 2.27. The predicted octanol–water partition coefficient (Wildman–Crippen LogP) is 2.97. The van der Waals surface area contributed by atoms with Gasteiger partial charge in [0.05, 0.1) is 6.04 Å². The summed E-state index contributed by atoms with van der Waals surface area (Å²) >= 11 is 5.55. The van der Waals surface area contributed by atoms with Crippen molar-refractivity contribution in [3.63, 3.8) is 0 Å². The fourth-order valence-corrected chi connectivity index (χ4v) is 1.12. The van der Waals surface area contributed by atoms with Crippen molar-refractivity contribution in [2.24, 2.45) is 0 Å². The average molecular weight is 279 g/mol. The van der Waals surface area contributed by atoms with Crippen LogP contribution < -0.4 is 5.32 Å². The van der Waals surface area contributed by atoms with Gasteiger partial charge in [-0.15, -0.1) is 0 Å². The third kappa shape index (κ3) is 3.73. The maximum Gasteiger partial charge on any atom is 0.433 e. The van der Waals surface area contributed by atoms with Gasteiger partial charge in [-0.3, -0.25) is 4.79 Å². The Hall–Kier alpha value is -1.56. The van der Waals surface area contributed by atoms with Crippen molar-refractivity contribution in [2.75, 3.05) is 0 Å². The molecule has 0 aliphatic heterocycles. The van der Waals surface area contributed by atoms with Gasteiger partial charge in [-0.1, -0.05) is 24.2 Å². The molecule has 0 aromatic carbocycles. The highest BCUT2D eigenvalue weighted by molar-refractivity contribution is 6.30. The molecule has 1 aromatic rings. The summed E-state index contributed by atoms with van der Waals surface area (Å²) in [5, 5.41) is 2.55. The number of nitrogens with zero attached hydrogens (tertiary/aromatic N) is 1. The van der Waals surface area contributed by atoms with E-state index in [2.05, 4.69) is 16.9 Å². The summed E-state index contributed by atoms with van der Waals surface area (Å²) in [4.78, 5) is 14.8. The molecule has 0 fully saturated rings. The van der Waals surface area contributed by atoms with Crippen molar-refractivity contribution < 1.29 is 18.0 Å². The van der Waals surface area contributed by atoms with E-state index in [0.29, 0.717) is 0 Å². The van der Waals surface area contributed by atoms with Gasteiger partial charge in [-0.2, -0.15) is 13.2 Å². The third-order valence-corrected chi connectivity index (χ3v) is 2.42. The highest BCUT2D eigenvalue weighted by Gasteiger charge is 2.33. The van der Waals surface area contributed by atoms with Gasteiger partial charge in [0.15, 0.2) is 0 Å². The van der Waals surface area contributed by atoms with Gasteiger partial charge >= 0.3 is 6.18 Å². The first kappa shape index (κ1) is 14.5. The molecule has 1 atom stereocenters. The largest absolute Gasteiger partial charge is 0.433 e. The first-order valence-corrected chi connectivity index (χ1v) is 5.29. The van der Waals surface area contributed by atoms with E-state index in [1.54, 1.807) is 6.92 Å². The van der Waals surface area contributed by atoms with Crippen molar-refractivity contribution in [2.45, 2.75) is 19.1 Å². The fraction of sp³-hybridized carbons (Fsp3) is 0.273. The molecule has 18 heavy (non-hydrogen) atoms. The van der Waals surface area contributed by atoms with Crippen LogP contribution in [0, 0.1) is 0 Å². The van der Waals surface area contributed by atoms with Crippen LogP contribution in [0.3, 0.4) is 0 Å². The molecule has 0 aliphatic rings. The van der Waals surface area contributed by atoms with Crippen molar-refractivity contribution in [3.8, 4) is 0 Å². The summed E-state index contributed by atoms with van der Waals surface area (Å²) in [7, 11) is 0. The number of carbonyl (C=O) groups excluding carboxylic acids is 1. The van der Waals surface area contributed by atoms with Crippen molar-refractivity contribution in [1.29, 1.82) is 0 Å². The summed E-state index contributed by atoms with van der Waals surface area (Å²) in [5.41, 5.74) is -1.44. The van der Waals surface area contributed by atoms with Gasteiger partial charge in [-0.25, -0.2) is 4.98 Å². The lowest BCUT2D eigenvalue weighted by Gasteiger charge is -2.12. The maximum absolute atomic E-state index is 12.4. The number of pyridine rings is 1. The van der Waals surface area contributed by atoms with Crippen LogP contribution in [-0.4, -0.2) is 16.9 Å². The van der Waals surface area contributed by atoms with E-state index < -0.39 is 23.8 Å². The van der Waals surface area contributed by atoms with E-state index in [0.717, 1.165) is 12.1 Å². The van der Waals surface area contributed by atoms with Gasteiger partial charge in [0.1, 0.15) is 11.4 Å². The van der Waals surface area contributed by atoms with E-state index in [-0.39, 0.29) is 10.7 Å². The Labute approximate surface area is 107 Å². The Morgan fingerprint density at radius 2 is 2.11 bits per heavy atom. The molecule has 0 radical (unpaired) electrons. The Kier molecular flexibility index (Phi) is 4.34. The molecule has 0 spiro atoms. The predicted molar refractivity (Wildman–Crippen MR) is 61.2 cm³/mol. The summed E-state index contributed by atoms with van der Waals surface area (Å²) in [6, 6.07) is 2.54. The zero-order chi connectivity index (χ0) is 13.9. The maximum atomic E-state index is 12.4. The number of nitrogens with one attached hydrogen (secondary N) is 1. The van der Waals surface area contributed by atoms with E-state index in [1.165, 1.54) is 6.07 Å². The van der Waals surface area contributed by atoms with Gasteiger partial charge in [0, 0.05) is 5.03 Å². The zero-order valence-electron chi connectivity index (χ0n) is 9.38. The molecule has 7 heteroatoms. The number of aromatic nitrogens is 1. The zero-order valence-corrected chi connectivity index (χ0v) is 10.1. The third-order valence-electron chi connectivity index (χ3n) is 2.09. The Morgan fingerprint density at radius 3 is 2.61 bits per heavy atom. The van der Waals surface area contributed by atoms with Crippen LogP contribution in [0.1, 0.15) is 23.1 Å². The molecule has 1 N–H and O–H groups in total. The Balaban J connectivity index is 2.91. The second-order valence-electron chi connectivity index (χ2n) is 3.55. The summed E-state index contributed by atoms with van der Waals surface area (Å²) < 4.78 is 37.2. The molecule has 1 amide bonds. The Morgan fingerprint density at radius 1 is 1.50 bits per heavy atom. The minimum Gasteiger partial charge on any atom is -0.343 e. The molecule has 1 unspecified atom stereocenters. The molecular formula is C11H10ClF3N2O. The second-order valence-corrected chi connectivity index (χ2v) is 4.03. The van der Waals surface area contributed by atoms with Gasteiger partial charge in [-0.05, 0) is 19.1 Å². The lowest BCUT2D eigenvalue weighted by atomic mass is 10.2. The molecule has 1 rings (SSSR count). The van der Waals surface area contributed by atoms with Crippen LogP contribution in [-0.2, 0) is 6.18 Å². The smallest absolute Gasteiger partial charge is 0.343 e. The van der Waals surface area contributed by atoms with Crippen molar-refractivity contribution >= 4 is 17.5 Å². The molecule has 3 nitrogen and oxygen atoms in total. The van der Waals surface area contributed by atoms with Gasteiger partial charge in [0.2, 0.25) is 0 Å². The average Bonchev–Trinajstić information content (AvgIpc) is 2.27. The number of halogens is 4. The second kappa shape index (κ2) is 5.39. The van der Waals surface area contributed by atoms with E-state index >= 15 is 0 Å². The monoisotopic (exact) mass is 278 g/mol. The first-order chi connectivity index (χ1) is 8.21. The minimum atomic E-state index is -4.59. The number of hydrogen-bond donors (Lipinski definition) is 1. The normalized spacial score (nSPS) is 12.9. The number of carbonyl (C=O) groups is 1. The molecule has 0 bridgehead atoms. The molecular weight excluding hydrogens is 269 g/mol.